The number of anilines is 2. The van der Waals surface area contributed by atoms with Crippen LogP contribution >= 0.6 is 0 Å². The topological polar surface area (TPSA) is 3.24 Å². The second kappa shape index (κ2) is 9.02. The Bertz CT molecular complexity index is 2630. The van der Waals surface area contributed by atoms with E-state index < -0.39 is 0 Å². The maximum Gasteiger partial charge on any atom is 0.0492 e. The molecule has 1 saturated carbocycles. The fourth-order valence-corrected chi connectivity index (χ4v) is 10.2. The molecule has 9 aromatic rings. The molecule has 2 atom stereocenters. The molecule has 1 heterocycles. The molecule has 0 amide bonds. The smallest absolute Gasteiger partial charge is 0.0492 e. The van der Waals surface area contributed by atoms with E-state index in [1.807, 2.05) is 0 Å². The van der Waals surface area contributed by atoms with Gasteiger partial charge < -0.3 is 4.90 Å². The first kappa shape index (κ1) is 26.0. The molecular weight excluding hydrogens is 567 g/mol. The predicted molar refractivity (Wildman–Crippen MR) is 202 cm³/mol. The van der Waals surface area contributed by atoms with Gasteiger partial charge in [0.05, 0.1) is 0 Å². The Balaban J connectivity index is 1.16. The van der Waals surface area contributed by atoms with Gasteiger partial charge in [-0.05, 0) is 150 Å². The molecule has 1 aliphatic carbocycles. The lowest BCUT2D eigenvalue weighted by Crippen LogP contribution is -2.45. The van der Waals surface area contributed by atoms with Gasteiger partial charge in [0.2, 0.25) is 0 Å². The summed E-state index contributed by atoms with van der Waals surface area (Å²) in [5.41, 5.74) is 8.47. The Hall–Kier alpha value is -5.14. The van der Waals surface area contributed by atoms with Gasteiger partial charge in [0.25, 0.3) is 0 Å². The normalized spacial score (nSPS) is 19.6. The molecule has 224 valence electrons. The van der Waals surface area contributed by atoms with Crippen LogP contribution in [0.2, 0.25) is 0 Å². The number of benzene rings is 7. The Morgan fingerprint density at radius 2 is 1.19 bits per heavy atom. The van der Waals surface area contributed by atoms with Gasteiger partial charge in [-0.15, -0.1) is 0 Å². The summed E-state index contributed by atoms with van der Waals surface area (Å²) < 4.78 is 0. The van der Waals surface area contributed by atoms with E-state index in [2.05, 4.69) is 140 Å². The minimum atomic E-state index is 0.111. The number of rotatable bonds is 2. The second-order valence-electron chi connectivity index (χ2n) is 14.6. The number of fused-ring (bicyclic) bond motifs is 9. The van der Waals surface area contributed by atoms with E-state index in [9.17, 15) is 0 Å². The molecule has 1 heteroatoms. The van der Waals surface area contributed by atoms with Crippen molar-refractivity contribution in [2.24, 2.45) is 0 Å². The van der Waals surface area contributed by atoms with E-state index in [1.165, 1.54) is 124 Å². The summed E-state index contributed by atoms with van der Waals surface area (Å²) in [5.74, 6) is 0.543. The van der Waals surface area contributed by atoms with Crippen LogP contribution < -0.4 is 4.90 Å². The number of hydrogen-bond acceptors (Lipinski definition) is 1. The zero-order valence-electron chi connectivity index (χ0n) is 26.9. The van der Waals surface area contributed by atoms with E-state index in [0.717, 1.165) is 0 Å². The highest BCUT2D eigenvalue weighted by Crippen LogP contribution is 2.58. The lowest BCUT2D eigenvalue weighted by Gasteiger charge is -2.44. The monoisotopic (exact) mass is 601 g/mol. The van der Waals surface area contributed by atoms with Gasteiger partial charge >= 0.3 is 0 Å². The molecule has 0 spiro atoms. The quantitative estimate of drug-likeness (QED) is 0.190. The molecule has 2 unspecified atom stereocenters. The van der Waals surface area contributed by atoms with Gasteiger partial charge in [-0.3, -0.25) is 0 Å². The van der Waals surface area contributed by atoms with Crippen LogP contribution in [0.5, 0.6) is 0 Å². The van der Waals surface area contributed by atoms with E-state index in [4.69, 9.17) is 0 Å². The van der Waals surface area contributed by atoms with Gasteiger partial charge in [0, 0.05) is 22.8 Å². The number of para-hydroxylation sites is 1. The summed E-state index contributed by atoms with van der Waals surface area (Å²) in [6.45, 7) is 4.84. The van der Waals surface area contributed by atoms with Crippen LogP contribution in [0, 0.1) is 6.92 Å². The average molecular weight is 602 g/mol. The van der Waals surface area contributed by atoms with Crippen LogP contribution in [0.25, 0.3) is 75.8 Å². The van der Waals surface area contributed by atoms with Crippen molar-refractivity contribution in [1.82, 2.24) is 0 Å². The van der Waals surface area contributed by atoms with Gasteiger partial charge in [-0.2, -0.15) is 0 Å². The van der Waals surface area contributed by atoms with Crippen molar-refractivity contribution in [2.45, 2.75) is 51.0 Å². The molecule has 2 aliphatic rings. The molecular formula is C46H35N. The fourth-order valence-electron chi connectivity index (χ4n) is 10.2. The summed E-state index contributed by atoms with van der Waals surface area (Å²) in [7, 11) is 0. The van der Waals surface area contributed by atoms with Crippen LogP contribution in [-0.2, 0) is 0 Å². The van der Waals surface area contributed by atoms with Crippen LogP contribution in [0.4, 0.5) is 11.4 Å². The first-order valence-electron chi connectivity index (χ1n) is 17.4. The maximum atomic E-state index is 2.69. The van der Waals surface area contributed by atoms with Gasteiger partial charge in [-0.1, -0.05) is 97.8 Å². The number of hydrogen-bond donors (Lipinski definition) is 0. The van der Waals surface area contributed by atoms with Crippen LogP contribution in [0.1, 0.15) is 49.7 Å². The van der Waals surface area contributed by atoms with Crippen LogP contribution in [0.15, 0.2) is 121 Å². The molecule has 1 aliphatic heterocycles. The SMILES string of the molecule is Cc1cc2c(cc1-c1ccc3c4cc5c(cc4c4cccc1c43)c1cccc3cccc5c31)C1CCCCC1(C)N2c1ccccc1. The molecule has 11 rings (SSSR count). The molecule has 1 fully saturated rings. The van der Waals surface area contributed by atoms with Crippen LogP contribution in [0.3, 0.4) is 0 Å². The third-order valence-electron chi connectivity index (χ3n) is 12.2. The summed E-state index contributed by atoms with van der Waals surface area (Å²) in [5, 5.41) is 16.4. The van der Waals surface area contributed by atoms with Crippen LogP contribution in [-0.4, -0.2) is 5.54 Å². The summed E-state index contributed by atoms with van der Waals surface area (Å²) >= 11 is 0. The molecule has 9 aromatic carbocycles. The van der Waals surface area contributed by atoms with Gasteiger partial charge in [-0.25, -0.2) is 0 Å². The Morgan fingerprint density at radius 3 is 1.91 bits per heavy atom. The highest BCUT2D eigenvalue weighted by atomic mass is 15.2. The van der Waals surface area contributed by atoms with Crippen molar-refractivity contribution < 1.29 is 0 Å². The average Bonchev–Trinajstić information content (AvgIpc) is 3.69. The fraction of sp³-hybridized carbons (Fsp3) is 0.174. The van der Waals surface area contributed by atoms with Crippen molar-refractivity contribution in [3.63, 3.8) is 0 Å². The summed E-state index contributed by atoms with van der Waals surface area (Å²) in [4.78, 5) is 2.69. The lowest BCUT2D eigenvalue weighted by molar-refractivity contribution is 0.291. The largest absolute Gasteiger partial charge is 0.335 e. The van der Waals surface area contributed by atoms with Crippen molar-refractivity contribution in [1.29, 1.82) is 0 Å². The van der Waals surface area contributed by atoms with Crippen molar-refractivity contribution in [2.75, 3.05) is 4.90 Å². The zero-order valence-corrected chi connectivity index (χ0v) is 26.9. The Labute approximate surface area is 274 Å². The second-order valence-corrected chi connectivity index (χ2v) is 14.6. The molecule has 47 heavy (non-hydrogen) atoms. The highest BCUT2D eigenvalue weighted by Gasteiger charge is 2.50. The third kappa shape index (κ3) is 3.25. The maximum absolute atomic E-state index is 2.69. The number of nitrogens with zero attached hydrogens (tertiary/aromatic N) is 1. The lowest BCUT2D eigenvalue weighted by atomic mass is 9.72. The standard InChI is InChI=1S/C46H35N/c1-27-23-43-41(42-19-6-7-22-46(42,2)47(43)29-13-4-3-5-14-29)24-36(27)30-20-21-35-40-26-38-33-16-9-12-28-11-8-15-32(44(28)33)37(38)25-39(40)34-18-10-17-31(30)45(34)35/h3-5,8-18,20-21,23-26,42H,6-7,19,22H2,1-2H3. The van der Waals surface area contributed by atoms with E-state index in [1.54, 1.807) is 0 Å². The Kier molecular flexibility index (Phi) is 4.98. The Morgan fingerprint density at radius 1 is 0.553 bits per heavy atom. The van der Waals surface area contributed by atoms with E-state index in [-0.39, 0.29) is 5.54 Å². The van der Waals surface area contributed by atoms with Crippen molar-refractivity contribution in [3.8, 4) is 11.1 Å². The molecule has 0 radical (unpaired) electrons. The van der Waals surface area contributed by atoms with E-state index >= 15 is 0 Å². The van der Waals surface area contributed by atoms with Gasteiger partial charge in [0.15, 0.2) is 0 Å². The minimum Gasteiger partial charge on any atom is -0.335 e. The third-order valence-corrected chi connectivity index (χ3v) is 12.2. The first-order valence-corrected chi connectivity index (χ1v) is 17.4. The predicted octanol–water partition coefficient (Wildman–Crippen LogP) is 13.0. The highest BCUT2D eigenvalue weighted by molar-refractivity contribution is 6.38. The summed E-state index contributed by atoms with van der Waals surface area (Å²) in [6, 6.07) is 46.5. The van der Waals surface area contributed by atoms with Gasteiger partial charge in [0.1, 0.15) is 0 Å². The first-order chi connectivity index (χ1) is 23.1. The molecule has 0 N–H and O–H groups in total. The zero-order chi connectivity index (χ0) is 31.0. The minimum absolute atomic E-state index is 0.111. The molecule has 0 saturated heterocycles. The molecule has 0 aromatic heterocycles. The molecule has 0 bridgehead atoms. The molecule has 1 nitrogen and oxygen atoms in total. The van der Waals surface area contributed by atoms with Crippen molar-refractivity contribution in [3.05, 3.63) is 132 Å². The number of aryl methyl sites for hydroxylation is 1. The van der Waals surface area contributed by atoms with Crippen molar-refractivity contribution >= 4 is 76.0 Å². The van der Waals surface area contributed by atoms with E-state index in [0.29, 0.717) is 5.92 Å². The summed E-state index contributed by atoms with van der Waals surface area (Å²) in [6.07, 6.45) is 5.11.